The number of benzene rings is 2. The molecule has 0 amide bonds. The number of rotatable bonds is 4. The van der Waals surface area contributed by atoms with Crippen LogP contribution in [0.2, 0.25) is 0 Å². The quantitative estimate of drug-likeness (QED) is 0.738. The highest BCUT2D eigenvalue weighted by Gasteiger charge is 2.10. The van der Waals surface area contributed by atoms with Crippen LogP contribution in [0.4, 0.5) is 0 Å². The Morgan fingerprint density at radius 1 is 1.10 bits per heavy atom. The minimum absolute atomic E-state index is 0.0376. The molecule has 3 aromatic rings. The van der Waals surface area contributed by atoms with Gasteiger partial charge in [-0.05, 0) is 24.6 Å². The highest BCUT2D eigenvalue weighted by atomic mass is 16.6. The number of aryl methyl sites for hydroxylation is 1. The van der Waals surface area contributed by atoms with Gasteiger partial charge in [0.25, 0.3) is 0 Å². The Bertz CT molecular complexity index is 773. The molecule has 0 saturated carbocycles. The van der Waals surface area contributed by atoms with Gasteiger partial charge >= 0.3 is 11.8 Å². The van der Waals surface area contributed by atoms with Crippen molar-refractivity contribution in [1.29, 1.82) is 0 Å². The standard InChI is InChI=1S/C16H14N2O3/c1-12-7-9-14(10-8-12)18-16(19)21-15(17-18)20-11-13-5-3-2-4-6-13/h2-10H,11H2,1H3. The van der Waals surface area contributed by atoms with Crippen LogP contribution in [0.5, 0.6) is 6.08 Å². The molecular formula is C16H14N2O3. The molecule has 0 spiro atoms. The van der Waals surface area contributed by atoms with Gasteiger partial charge in [0.05, 0.1) is 5.69 Å². The Kier molecular flexibility index (Phi) is 3.55. The minimum atomic E-state index is -0.568. The molecule has 5 nitrogen and oxygen atoms in total. The second-order valence-corrected chi connectivity index (χ2v) is 4.66. The Hall–Kier alpha value is -2.82. The van der Waals surface area contributed by atoms with E-state index < -0.39 is 5.76 Å². The number of aromatic nitrogens is 2. The fourth-order valence-electron chi connectivity index (χ4n) is 1.89. The summed E-state index contributed by atoms with van der Waals surface area (Å²) in [5, 5.41) is 4.04. The second kappa shape index (κ2) is 5.66. The highest BCUT2D eigenvalue weighted by molar-refractivity contribution is 5.32. The molecule has 0 aliphatic rings. The van der Waals surface area contributed by atoms with Crippen molar-refractivity contribution in [3.05, 3.63) is 76.3 Å². The van der Waals surface area contributed by atoms with E-state index in [1.54, 1.807) is 12.1 Å². The molecule has 0 radical (unpaired) electrons. The van der Waals surface area contributed by atoms with Gasteiger partial charge in [0.2, 0.25) is 0 Å². The third-order valence-corrected chi connectivity index (χ3v) is 3.01. The molecule has 0 atom stereocenters. The zero-order valence-electron chi connectivity index (χ0n) is 11.5. The van der Waals surface area contributed by atoms with Gasteiger partial charge in [-0.25, -0.2) is 4.79 Å². The van der Waals surface area contributed by atoms with Gasteiger partial charge in [0, 0.05) is 0 Å². The Morgan fingerprint density at radius 2 is 1.81 bits per heavy atom. The molecule has 21 heavy (non-hydrogen) atoms. The third kappa shape index (κ3) is 3.02. The van der Waals surface area contributed by atoms with Gasteiger partial charge in [-0.3, -0.25) is 0 Å². The molecule has 2 aromatic carbocycles. The topological polar surface area (TPSA) is 57.3 Å². The molecule has 0 aliphatic heterocycles. The lowest BCUT2D eigenvalue weighted by molar-refractivity contribution is 0.215. The van der Waals surface area contributed by atoms with Gasteiger partial charge in [-0.15, -0.1) is 0 Å². The zero-order valence-corrected chi connectivity index (χ0v) is 11.5. The van der Waals surface area contributed by atoms with Gasteiger partial charge in [0.1, 0.15) is 6.61 Å². The van der Waals surface area contributed by atoms with Crippen molar-refractivity contribution >= 4 is 0 Å². The van der Waals surface area contributed by atoms with Crippen LogP contribution < -0.4 is 10.5 Å². The summed E-state index contributed by atoms with van der Waals surface area (Å²) in [5.74, 6) is -0.568. The molecule has 0 unspecified atom stereocenters. The molecule has 5 heteroatoms. The fraction of sp³-hybridized carbons (Fsp3) is 0.125. The molecule has 0 aliphatic carbocycles. The second-order valence-electron chi connectivity index (χ2n) is 4.66. The lowest BCUT2D eigenvalue weighted by Crippen LogP contribution is -2.13. The number of nitrogens with zero attached hydrogens (tertiary/aromatic N) is 2. The maximum Gasteiger partial charge on any atom is 0.444 e. The smallest absolute Gasteiger partial charge is 0.444 e. The van der Waals surface area contributed by atoms with Crippen molar-refractivity contribution in [2.24, 2.45) is 0 Å². The fourth-order valence-corrected chi connectivity index (χ4v) is 1.89. The molecule has 3 rings (SSSR count). The normalized spacial score (nSPS) is 10.5. The molecule has 0 fully saturated rings. The van der Waals surface area contributed by atoms with Gasteiger partial charge in [0.15, 0.2) is 0 Å². The van der Waals surface area contributed by atoms with Gasteiger partial charge in [-0.1, -0.05) is 53.1 Å². The maximum atomic E-state index is 11.8. The van der Waals surface area contributed by atoms with Crippen molar-refractivity contribution in [2.45, 2.75) is 13.5 Å². The molecule has 1 aromatic heterocycles. The molecular weight excluding hydrogens is 268 g/mol. The molecule has 0 saturated heterocycles. The summed E-state index contributed by atoms with van der Waals surface area (Å²) in [4.78, 5) is 11.8. The molecule has 106 valence electrons. The Labute approximate surface area is 121 Å². The third-order valence-electron chi connectivity index (χ3n) is 3.01. The van der Waals surface area contributed by atoms with Crippen LogP contribution in [0.3, 0.4) is 0 Å². The van der Waals surface area contributed by atoms with E-state index in [0.717, 1.165) is 11.1 Å². The summed E-state index contributed by atoms with van der Waals surface area (Å²) in [6.45, 7) is 2.28. The van der Waals surface area contributed by atoms with E-state index in [1.807, 2.05) is 49.4 Å². The molecule has 0 N–H and O–H groups in total. The van der Waals surface area contributed by atoms with E-state index in [2.05, 4.69) is 5.10 Å². The first kappa shape index (κ1) is 13.2. The van der Waals surface area contributed by atoms with E-state index in [-0.39, 0.29) is 6.08 Å². The summed E-state index contributed by atoms with van der Waals surface area (Å²) in [7, 11) is 0. The van der Waals surface area contributed by atoms with Crippen molar-refractivity contribution in [3.8, 4) is 11.8 Å². The first-order valence-corrected chi connectivity index (χ1v) is 6.56. The average Bonchev–Trinajstić information content (AvgIpc) is 2.88. The van der Waals surface area contributed by atoms with E-state index in [1.165, 1.54) is 4.68 Å². The molecule has 0 bridgehead atoms. The summed E-state index contributed by atoms with van der Waals surface area (Å²) >= 11 is 0. The largest absolute Gasteiger partial charge is 0.444 e. The average molecular weight is 282 g/mol. The van der Waals surface area contributed by atoms with Gasteiger partial charge in [-0.2, -0.15) is 4.68 Å². The van der Waals surface area contributed by atoms with Crippen molar-refractivity contribution in [3.63, 3.8) is 0 Å². The first-order chi connectivity index (χ1) is 10.2. The zero-order chi connectivity index (χ0) is 14.7. The lowest BCUT2D eigenvalue weighted by atomic mass is 10.2. The summed E-state index contributed by atoms with van der Waals surface area (Å²) in [6, 6.07) is 17.0. The SMILES string of the molecule is Cc1ccc(-n2nc(OCc3ccccc3)oc2=O)cc1. The predicted octanol–water partition coefficient (Wildman–Crippen LogP) is 2.71. The summed E-state index contributed by atoms with van der Waals surface area (Å²) < 4.78 is 11.6. The Balaban J connectivity index is 1.78. The minimum Gasteiger partial charge on any atom is -0.444 e. The van der Waals surface area contributed by atoms with Crippen molar-refractivity contribution in [1.82, 2.24) is 9.78 Å². The summed E-state index contributed by atoms with van der Waals surface area (Å²) in [5.41, 5.74) is 2.73. The number of hydrogen-bond acceptors (Lipinski definition) is 4. The predicted molar refractivity (Wildman–Crippen MR) is 77.6 cm³/mol. The Morgan fingerprint density at radius 3 is 2.52 bits per heavy atom. The first-order valence-electron chi connectivity index (χ1n) is 6.56. The van der Waals surface area contributed by atoms with Crippen molar-refractivity contribution in [2.75, 3.05) is 0 Å². The van der Waals surface area contributed by atoms with Crippen LogP contribution in [0.1, 0.15) is 11.1 Å². The number of hydrogen-bond donors (Lipinski definition) is 0. The van der Waals surface area contributed by atoms with Crippen LogP contribution >= 0.6 is 0 Å². The van der Waals surface area contributed by atoms with Gasteiger partial charge < -0.3 is 9.15 Å². The summed E-state index contributed by atoms with van der Waals surface area (Å²) in [6.07, 6.45) is -0.0376. The van der Waals surface area contributed by atoms with Crippen LogP contribution in [0.25, 0.3) is 5.69 Å². The van der Waals surface area contributed by atoms with Crippen LogP contribution in [-0.4, -0.2) is 9.78 Å². The van der Waals surface area contributed by atoms with E-state index in [4.69, 9.17) is 9.15 Å². The van der Waals surface area contributed by atoms with E-state index >= 15 is 0 Å². The molecule has 1 heterocycles. The van der Waals surface area contributed by atoms with Crippen LogP contribution in [0, 0.1) is 6.92 Å². The maximum absolute atomic E-state index is 11.8. The van der Waals surface area contributed by atoms with E-state index in [9.17, 15) is 4.79 Å². The van der Waals surface area contributed by atoms with Crippen LogP contribution in [-0.2, 0) is 6.61 Å². The number of ether oxygens (including phenoxy) is 1. The lowest BCUT2D eigenvalue weighted by Gasteiger charge is -2.00. The van der Waals surface area contributed by atoms with Crippen molar-refractivity contribution < 1.29 is 9.15 Å². The van der Waals surface area contributed by atoms with E-state index in [0.29, 0.717) is 12.3 Å². The monoisotopic (exact) mass is 282 g/mol. The highest BCUT2D eigenvalue weighted by Crippen LogP contribution is 2.11. The van der Waals surface area contributed by atoms with Crippen LogP contribution in [0.15, 0.2) is 63.8 Å².